The number of aromatic carboxylic acids is 1. The molecule has 0 aliphatic carbocycles. The molecule has 0 amide bonds. The summed E-state index contributed by atoms with van der Waals surface area (Å²) in [7, 11) is 1.12. The molecule has 0 spiro atoms. The maximum absolute atomic E-state index is 11.4. The van der Waals surface area contributed by atoms with Gasteiger partial charge in [-0.05, 0) is 6.07 Å². The third-order valence-corrected chi connectivity index (χ3v) is 3.89. The highest BCUT2D eigenvalue weighted by molar-refractivity contribution is 5.92. The number of methoxy groups -OCH3 is 1. The van der Waals surface area contributed by atoms with Gasteiger partial charge in [0.25, 0.3) is 0 Å². The number of aliphatic hydroxyl groups is 4. The molecular weight excluding hydrogens is 328 g/mol. The summed E-state index contributed by atoms with van der Waals surface area (Å²) in [5.41, 5.74) is -1.07. The average Bonchev–Trinajstić information content (AvgIpc) is 2.53. The fourth-order valence-corrected chi connectivity index (χ4v) is 2.66. The molecule has 0 saturated carbocycles. The van der Waals surface area contributed by atoms with Crippen LogP contribution >= 0.6 is 0 Å². The zero-order valence-electron chi connectivity index (χ0n) is 12.5. The second-order valence-electron chi connectivity index (χ2n) is 5.29. The lowest BCUT2D eigenvalue weighted by Crippen LogP contribution is -2.55. The normalized spacial score (nSPS) is 30.1. The molecule has 1 aromatic carbocycles. The quantitative estimate of drug-likeness (QED) is 0.333. The highest BCUT2D eigenvalue weighted by Gasteiger charge is 2.46. The van der Waals surface area contributed by atoms with E-state index in [1.54, 1.807) is 0 Å². The van der Waals surface area contributed by atoms with E-state index in [2.05, 4.69) is 0 Å². The lowest BCUT2D eigenvalue weighted by atomic mass is 9.88. The van der Waals surface area contributed by atoms with E-state index in [9.17, 15) is 40.5 Å². The molecule has 0 radical (unpaired) electrons. The molecule has 1 saturated heterocycles. The first kappa shape index (κ1) is 18.2. The zero-order chi connectivity index (χ0) is 18.2. The van der Waals surface area contributed by atoms with Crippen LogP contribution in [0.4, 0.5) is 0 Å². The van der Waals surface area contributed by atoms with Gasteiger partial charge in [0, 0.05) is 5.56 Å². The van der Waals surface area contributed by atoms with Gasteiger partial charge >= 0.3 is 5.97 Å². The van der Waals surface area contributed by atoms with Crippen molar-refractivity contribution in [3.05, 3.63) is 17.2 Å². The number of hydrogen-bond donors (Lipinski definition) is 7. The Hall–Kier alpha value is -2.11. The molecular formula is C14H18O10. The van der Waals surface area contributed by atoms with Gasteiger partial charge in [0.1, 0.15) is 30.5 Å². The van der Waals surface area contributed by atoms with Crippen LogP contribution in [0.15, 0.2) is 6.07 Å². The summed E-state index contributed by atoms with van der Waals surface area (Å²) in [6.07, 6.45) is -8.10. The first-order valence-corrected chi connectivity index (χ1v) is 6.91. The van der Waals surface area contributed by atoms with Crippen LogP contribution in [0.3, 0.4) is 0 Å². The number of phenols is 2. The fraction of sp³-hybridized carbons (Fsp3) is 0.500. The van der Waals surface area contributed by atoms with Gasteiger partial charge < -0.3 is 45.2 Å². The van der Waals surface area contributed by atoms with Gasteiger partial charge in [-0.15, -0.1) is 0 Å². The average molecular weight is 346 g/mol. The Kier molecular flexibility index (Phi) is 5.16. The second kappa shape index (κ2) is 6.79. The predicted molar refractivity (Wildman–Crippen MR) is 76.0 cm³/mol. The van der Waals surface area contributed by atoms with E-state index in [1.807, 2.05) is 0 Å². The van der Waals surface area contributed by atoms with Crippen molar-refractivity contribution in [3.63, 3.8) is 0 Å². The van der Waals surface area contributed by atoms with Gasteiger partial charge in [0.05, 0.1) is 19.3 Å². The molecule has 0 bridgehead atoms. The summed E-state index contributed by atoms with van der Waals surface area (Å²) in [6.45, 7) is -0.722. The summed E-state index contributed by atoms with van der Waals surface area (Å²) < 4.78 is 10.0. The largest absolute Gasteiger partial charge is 0.504 e. The van der Waals surface area contributed by atoms with Crippen LogP contribution in [-0.4, -0.2) is 79.8 Å². The van der Waals surface area contributed by atoms with Crippen molar-refractivity contribution in [2.45, 2.75) is 30.5 Å². The molecule has 24 heavy (non-hydrogen) atoms. The van der Waals surface area contributed by atoms with Crippen LogP contribution in [0.1, 0.15) is 22.0 Å². The van der Waals surface area contributed by atoms with E-state index >= 15 is 0 Å². The molecule has 10 nitrogen and oxygen atoms in total. The summed E-state index contributed by atoms with van der Waals surface area (Å²) >= 11 is 0. The van der Waals surface area contributed by atoms with Crippen molar-refractivity contribution in [3.8, 4) is 17.2 Å². The molecule has 5 atom stereocenters. The first-order valence-electron chi connectivity index (χ1n) is 6.91. The van der Waals surface area contributed by atoms with E-state index in [-0.39, 0.29) is 0 Å². The Morgan fingerprint density at radius 3 is 2.33 bits per heavy atom. The zero-order valence-corrected chi connectivity index (χ0v) is 12.5. The van der Waals surface area contributed by atoms with Crippen LogP contribution < -0.4 is 4.74 Å². The molecule has 2 rings (SSSR count). The van der Waals surface area contributed by atoms with Gasteiger partial charge in [-0.1, -0.05) is 0 Å². The monoisotopic (exact) mass is 346 g/mol. The van der Waals surface area contributed by atoms with E-state index < -0.39 is 71.5 Å². The van der Waals surface area contributed by atoms with E-state index in [1.165, 1.54) is 0 Å². The van der Waals surface area contributed by atoms with E-state index in [0.29, 0.717) is 0 Å². The third kappa shape index (κ3) is 2.85. The molecule has 134 valence electrons. The number of hydrogen-bond acceptors (Lipinski definition) is 9. The molecule has 10 heteroatoms. The van der Waals surface area contributed by atoms with Crippen molar-refractivity contribution >= 4 is 5.97 Å². The molecule has 0 unspecified atom stereocenters. The van der Waals surface area contributed by atoms with Gasteiger partial charge in [-0.2, -0.15) is 0 Å². The number of carboxylic acid groups (broad SMARTS) is 1. The Bertz CT molecular complexity index is 628. The van der Waals surface area contributed by atoms with Crippen LogP contribution in [0, 0.1) is 0 Å². The Labute approximate surface area is 135 Å². The van der Waals surface area contributed by atoms with Gasteiger partial charge in [-0.3, -0.25) is 0 Å². The molecule has 1 aliphatic heterocycles. The SMILES string of the molecule is COc1c(O)cc(C(=O)O)c([C@@H]2O[C@H](CO)[C@@H](O)[C@H](O)[C@H]2O)c1O. The number of rotatable bonds is 4. The highest BCUT2D eigenvalue weighted by Crippen LogP contribution is 2.46. The number of ether oxygens (including phenoxy) is 2. The number of benzene rings is 1. The minimum absolute atomic E-state index is 0.452. The molecule has 0 aromatic heterocycles. The Morgan fingerprint density at radius 1 is 1.21 bits per heavy atom. The molecule has 1 heterocycles. The van der Waals surface area contributed by atoms with E-state index in [0.717, 1.165) is 13.2 Å². The fourth-order valence-electron chi connectivity index (χ4n) is 2.66. The maximum Gasteiger partial charge on any atom is 0.336 e. The van der Waals surface area contributed by atoms with Crippen molar-refractivity contribution in [2.75, 3.05) is 13.7 Å². The topological polar surface area (TPSA) is 177 Å². The molecule has 1 aliphatic rings. The standard InChI is InChI=1S/C14H18O10/c1-23-12-5(16)2-4(14(21)22)7(9(12)18)13-11(20)10(19)8(17)6(3-15)24-13/h2,6,8,10-11,13,15-20H,3H2,1H3,(H,21,22)/t6-,8-,10+,11-,13+/m1/s1. The Morgan fingerprint density at radius 2 is 1.83 bits per heavy atom. The van der Waals surface area contributed by atoms with Crippen LogP contribution in [0.2, 0.25) is 0 Å². The first-order chi connectivity index (χ1) is 11.2. The van der Waals surface area contributed by atoms with Gasteiger partial charge in [-0.25, -0.2) is 4.79 Å². The third-order valence-electron chi connectivity index (χ3n) is 3.89. The maximum atomic E-state index is 11.4. The molecule has 7 N–H and O–H groups in total. The number of aliphatic hydroxyl groups excluding tert-OH is 4. The minimum Gasteiger partial charge on any atom is -0.504 e. The van der Waals surface area contributed by atoms with Crippen molar-refractivity contribution in [1.29, 1.82) is 0 Å². The summed E-state index contributed by atoms with van der Waals surface area (Å²) in [5, 5.41) is 68.2. The second-order valence-corrected chi connectivity index (χ2v) is 5.29. The van der Waals surface area contributed by atoms with Gasteiger partial charge in [0.15, 0.2) is 11.5 Å². The number of aromatic hydroxyl groups is 2. The lowest BCUT2D eigenvalue weighted by Gasteiger charge is -2.40. The summed E-state index contributed by atoms with van der Waals surface area (Å²) in [5.74, 6) is -3.46. The highest BCUT2D eigenvalue weighted by atomic mass is 16.5. The minimum atomic E-state index is -1.80. The van der Waals surface area contributed by atoms with Gasteiger partial charge in [0.2, 0.25) is 5.75 Å². The van der Waals surface area contributed by atoms with E-state index in [4.69, 9.17) is 9.47 Å². The van der Waals surface area contributed by atoms with Crippen LogP contribution in [-0.2, 0) is 4.74 Å². The number of carboxylic acids is 1. The number of phenolic OH excluding ortho intramolecular Hbond substituents is 2. The smallest absolute Gasteiger partial charge is 0.336 e. The summed E-state index contributed by atoms with van der Waals surface area (Å²) in [4.78, 5) is 11.4. The molecule has 1 fully saturated rings. The number of carbonyl (C=O) groups is 1. The summed E-state index contributed by atoms with van der Waals surface area (Å²) in [6, 6.07) is 0.789. The molecule has 1 aromatic rings. The van der Waals surface area contributed by atoms with Crippen molar-refractivity contribution in [1.82, 2.24) is 0 Å². The van der Waals surface area contributed by atoms with Crippen LogP contribution in [0.5, 0.6) is 17.2 Å². The lowest BCUT2D eigenvalue weighted by molar-refractivity contribution is -0.232. The van der Waals surface area contributed by atoms with Crippen molar-refractivity contribution in [2.24, 2.45) is 0 Å². The Balaban J connectivity index is 2.63. The predicted octanol–water partition coefficient (Wildman–Crippen LogP) is -1.68. The van der Waals surface area contributed by atoms with Crippen LogP contribution in [0.25, 0.3) is 0 Å². The van der Waals surface area contributed by atoms with Crippen molar-refractivity contribution < 1.29 is 50.0 Å².